The summed E-state index contributed by atoms with van der Waals surface area (Å²) in [6.07, 6.45) is 5.57. The lowest BCUT2D eigenvalue weighted by atomic mass is 10.0. The number of aromatic nitrogens is 1. The van der Waals surface area contributed by atoms with Gasteiger partial charge in [-0.25, -0.2) is 0 Å². The molecule has 6 nitrogen and oxygen atoms in total. The zero-order chi connectivity index (χ0) is 19.2. The molecule has 27 heavy (non-hydrogen) atoms. The van der Waals surface area contributed by atoms with Crippen LogP contribution < -0.4 is 9.47 Å². The molecule has 144 valence electrons. The van der Waals surface area contributed by atoms with Crippen LogP contribution in [0.5, 0.6) is 11.5 Å². The molecule has 0 aliphatic carbocycles. The molecule has 1 aliphatic heterocycles. The molecule has 0 radical (unpaired) electrons. The second-order valence-corrected chi connectivity index (χ2v) is 6.82. The minimum Gasteiger partial charge on any atom is -0.493 e. The van der Waals surface area contributed by atoms with E-state index in [2.05, 4.69) is 22.0 Å². The summed E-state index contributed by atoms with van der Waals surface area (Å²) in [7, 11) is 5.02. The van der Waals surface area contributed by atoms with Crippen LogP contribution in [0.15, 0.2) is 42.7 Å². The van der Waals surface area contributed by atoms with Gasteiger partial charge in [0.05, 0.1) is 19.8 Å². The molecule has 1 fully saturated rings. The lowest BCUT2D eigenvalue weighted by Crippen LogP contribution is -2.45. The van der Waals surface area contributed by atoms with Gasteiger partial charge in [-0.3, -0.25) is 14.7 Å². The number of ether oxygens (including phenoxy) is 2. The zero-order valence-corrected chi connectivity index (χ0v) is 16.2. The van der Waals surface area contributed by atoms with E-state index in [4.69, 9.17) is 9.47 Å². The Morgan fingerprint density at radius 1 is 1.15 bits per heavy atom. The maximum Gasteiger partial charge on any atom is 0.257 e. The lowest BCUT2D eigenvalue weighted by molar-refractivity contribution is 0.0632. The Bertz CT molecular complexity index is 759. The van der Waals surface area contributed by atoms with Crippen molar-refractivity contribution in [2.45, 2.75) is 25.4 Å². The summed E-state index contributed by atoms with van der Waals surface area (Å²) in [6, 6.07) is 9.74. The molecule has 1 aliphatic rings. The fourth-order valence-corrected chi connectivity index (χ4v) is 3.62. The van der Waals surface area contributed by atoms with Gasteiger partial charge >= 0.3 is 0 Å². The van der Waals surface area contributed by atoms with Crippen molar-refractivity contribution in [3.05, 3.63) is 53.9 Å². The SMILES string of the molecule is COc1cccc(C(=O)N(C)C2CCN(Cc3ccncc3)CC2)c1OC. The molecule has 0 spiro atoms. The zero-order valence-electron chi connectivity index (χ0n) is 16.2. The number of hydrogen-bond acceptors (Lipinski definition) is 5. The second kappa shape index (κ2) is 8.86. The second-order valence-electron chi connectivity index (χ2n) is 6.82. The van der Waals surface area contributed by atoms with Crippen LogP contribution in [0, 0.1) is 0 Å². The predicted molar refractivity (Wildman–Crippen MR) is 104 cm³/mol. The van der Waals surface area contributed by atoms with Crippen molar-refractivity contribution in [1.29, 1.82) is 0 Å². The highest BCUT2D eigenvalue weighted by molar-refractivity contribution is 5.97. The first-order valence-electron chi connectivity index (χ1n) is 9.23. The Morgan fingerprint density at radius 2 is 1.85 bits per heavy atom. The highest BCUT2D eigenvalue weighted by Gasteiger charge is 2.28. The summed E-state index contributed by atoms with van der Waals surface area (Å²) in [4.78, 5) is 21.4. The molecule has 0 saturated carbocycles. The quantitative estimate of drug-likeness (QED) is 0.784. The van der Waals surface area contributed by atoms with Crippen molar-refractivity contribution < 1.29 is 14.3 Å². The molecule has 1 amide bonds. The Balaban J connectivity index is 1.62. The van der Waals surface area contributed by atoms with E-state index in [0.717, 1.165) is 32.5 Å². The number of amides is 1. The van der Waals surface area contributed by atoms with Gasteiger partial charge in [-0.2, -0.15) is 0 Å². The van der Waals surface area contributed by atoms with Gasteiger partial charge in [0.1, 0.15) is 0 Å². The van der Waals surface area contributed by atoms with Gasteiger partial charge in [-0.05, 0) is 42.7 Å². The number of rotatable bonds is 6. The van der Waals surface area contributed by atoms with Gasteiger partial charge in [0, 0.05) is 45.1 Å². The molecular weight excluding hydrogens is 342 g/mol. The minimum atomic E-state index is -0.0293. The van der Waals surface area contributed by atoms with Gasteiger partial charge < -0.3 is 14.4 Å². The molecule has 1 aromatic heterocycles. The number of methoxy groups -OCH3 is 2. The van der Waals surface area contributed by atoms with Gasteiger partial charge in [0.2, 0.25) is 0 Å². The molecule has 2 heterocycles. The topological polar surface area (TPSA) is 54.9 Å². The van der Waals surface area contributed by atoms with E-state index in [1.54, 1.807) is 26.4 Å². The minimum absolute atomic E-state index is 0.0293. The first kappa shape index (κ1) is 19.2. The summed E-state index contributed by atoms with van der Waals surface area (Å²) >= 11 is 0. The van der Waals surface area contributed by atoms with Crippen molar-refractivity contribution in [1.82, 2.24) is 14.8 Å². The monoisotopic (exact) mass is 369 g/mol. The third-order valence-electron chi connectivity index (χ3n) is 5.21. The van der Waals surface area contributed by atoms with E-state index < -0.39 is 0 Å². The highest BCUT2D eigenvalue weighted by atomic mass is 16.5. The van der Waals surface area contributed by atoms with Crippen LogP contribution in [0.4, 0.5) is 0 Å². The van der Waals surface area contributed by atoms with Crippen LogP contribution >= 0.6 is 0 Å². The van der Waals surface area contributed by atoms with E-state index in [0.29, 0.717) is 17.1 Å². The first-order valence-corrected chi connectivity index (χ1v) is 9.23. The van der Waals surface area contributed by atoms with Gasteiger partial charge in [-0.1, -0.05) is 6.07 Å². The van der Waals surface area contributed by atoms with Crippen molar-refractivity contribution >= 4 is 5.91 Å². The molecule has 6 heteroatoms. The van der Waals surface area contributed by atoms with Crippen LogP contribution in [0.2, 0.25) is 0 Å². The maximum absolute atomic E-state index is 13.0. The van der Waals surface area contributed by atoms with Gasteiger partial charge in [0.25, 0.3) is 5.91 Å². The summed E-state index contributed by atoms with van der Waals surface area (Å²) < 4.78 is 10.7. The number of piperidine rings is 1. The first-order chi connectivity index (χ1) is 13.1. The fraction of sp³-hybridized carbons (Fsp3) is 0.429. The van der Waals surface area contributed by atoms with Gasteiger partial charge in [-0.15, -0.1) is 0 Å². The predicted octanol–water partition coefficient (Wildman–Crippen LogP) is 2.84. The normalized spacial score (nSPS) is 15.4. The van der Waals surface area contributed by atoms with Crippen molar-refractivity contribution in [2.75, 3.05) is 34.4 Å². The molecule has 2 aromatic rings. The largest absolute Gasteiger partial charge is 0.493 e. The maximum atomic E-state index is 13.0. The van der Waals surface area contributed by atoms with E-state index in [9.17, 15) is 4.79 Å². The number of nitrogens with zero attached hydrogens (tertiary/aromatic N) is 3. The molecule has 0 atom stereocenters. The molecule has 1 saturated heterocycles. The van der Waals surface area contributed by atoms with E-state index in [-0.39, 0.29) is 11.9 Å². The Morgan fingerprint density at radius 3 is 2.48 bits per heavy atom. The molecule has 1 aromatic carbocycles. The smallest absolute Gasteiger partial charge is 0.257 e. The van der Waals surface area contributed by atoms with Gasteiger partial charge in [0.15, 0.2) is 11.5 Å². The number of pyridine rings is 1. The summed E-state index contributed by atoms with van der Waals surface area (Å²) in [5.74, 6) is 1.04. The number of benzene rings is 1. The van der Waals surface area contributed by atoms with Crippen molar-refractivity contribution in [2.24, 2.45) is 0 Å². The van der Waals surface area contributed by atoms with E-state index in [1.165, 1.54) is 5.56 Å². The van der Waals surface area contributed by atoms with Crippen LogP contribution in [0.3, 0.4) is 0 Å². The lowest BCUT2D eigenvalue weighted by Gasteiger charge is -2.37. The number of hydrogen-bond donors (Lipinski definition) is 0. The molecular formula is C21H27N3O3. The van der Waals surface area contributed by atoms with Crippen LogP contribution in [-0.4, -0.2) is 61.1 Å². The summed E-state index contributed by atoms with van der Waals surface area (Å²) in [5, 5.41) is 0. The summed E-state index contributed by atoms with van der Waals surface area (Å²) in [5.41, 5.74) is 1.81. The molecule has 3 rings (SSSR count). The number of para-hydroxylation sites is 1. The van der Waals surface area contributed by atoms with Crippen LogP contribution in [0.25, 0.3) is 0 Å². The molecule has 0 N–H and O–H groups in total. The van der Waals surface area contributed by atoms with Crippen LogP contribution in [0.1, 0.15) is 28.8 Å². The van der Waals surface area contributed by atoms with E-state index in [1.807, 2.05) is 30.4 Å². The Kier molecular flexibility index (Phi) is 6.29. The number of carbonyl (C=O) groups excluding carboxylic acids is 1. The number of likely N-dealkylation sites (tertiary alicyclic amines) is 1. The van der Waals surface area contributed by atoms with E-state index >= 15 is 0 Å². The standard InChI is InChI=1S/C21H27N3O3/c1-23(21(25)18-5-4-6-19(26-2)20(18)27-3)17-9-13-24(14-10-17)15-16-7-11-22-12-8-16/h4-8,11-12,17H,9-10,13-15H2,1-3H3. The average Bonchev–Trinajstić information content (AvgIpc) is 2.73. The third kappa shape index (κ3) is 4.39. The molecule has 0 bridgehead atoms. The van der Waals surface area contributed by atoms with Crippen LogP contribution in [-0.2, 0) is 6.54 Å². The van der Waals surface area contributed by atoms with Crippen molar-refractivity contribution in [3.63, 3.8) is 0 Å². The fourth-order valence-electron chi connectivity index (χ4n) is 3.62. The Labute approximate surface area is 160 Å². The Hall–Kier alpha value is -2.60. The summed E-state index contributed by atoms with van der Waals surface area (Å²) in [6.45, 7) is 2.87. The van der Waals surface area contributed by atoms with Crippen molar-refractivity contribution in [3.8, 4) is 11.5 Å². The average molecular weight is 369 g/mol. The molecule has 0 unspecified atom stereocenters. The third-order valence-corrected chi connectivity index (χ3v) is 5.21. The number of carbonyl (C=O) groups is 1. The highest BCUT2D eigenvalue weighted by Crippen LogP contribution is 2.32.